The maximum atomic E-state index is 10.4. The Bertz CT molecular complexity index is 375. The highest BCUT2D eigenvalue weighted by atomic mass is 32.1. The molecule has 1 aromatic heterocycles. The monoisotopic (exact) mass is 250 g/mol. The van der Waals surface area contributed by atoms with E-state index in [4.69, 9.17) is 0 Å². The van der Waals surface area contributed by atoms with E-state index in [2.05, 4.69) is 11.1 Å². The van der Waals surface area contributed by atoms with Crippen molar-refractivity contribution in [2.45, 2.75) is 51.0 Å². The van der Waals surface area contributed by atoms with Gasteiger partial charge in [0.15, 0.2) is 0 Å². The fourth-order valence-electron chi connectivity index (χ4n) is 2.59. The molecule has 92 valence electrons. The molecule has 0 bridgehead atoms. The van der Waals surface area contributed by atoms with Crippen LogP contribution < -0.4 is 0 Å². The average molecular weight is 250 g/mol. The SMILES string of the molecule is N#CC1(C(O)c2nccs2)CCCCCCC1. The van der Waals surface area contributed by atoms with E-state index in [1.165, 1.54) is 30.6 Å². The summed E-state index contributed by atoms with van der Waals surface area (Å²) in [6.07, 6.45) is 8.25. The smallest absolute Gasteiger partial charge is 0.124 e. The molecule has 0 aromatic carbocycles. The van der Waals surface area contributed by atoms with E-state index in [1.807, 2.05) is 5.38 Å². The Morgan fingerprint density at radius 3 is 2.47 bits per heavy atom. The Kier molecular flexibility index (Phi) is 4.14. The van der Waals surface area contributed by atoms with Crippen LogP contribution in [0.1, 0.15) is 56.1 Å². The van der Waals surface area contributed by atoms with Crippen LogP contribution in [0.2, 0.25) is 0 Å². The second-order valence-corrected chi connectivity index (χ2v) is 5.73. The van der Waals surface area contributed by atoms with E-state index in [9.17, 15) is 10.4 Å². The van der Waals surface area contributed by atoms with Crippen LogP contribution in [0.5, 0.6) is 0 Å². The first-order valence-corrected chi connectivity index (χ1v) is 7.15. The highest BCUT2D eigenvalue weighted by molar-refractivity contribution is 7.09. The van der Waals surface area contributed by atoms with Crippen molar-refractivity contribution in [2.75, 3.05) is 0 Å². The minimum absolute atomic E-state index is 0.613. The summed E-state index contributed by atoms with van der Waals surface area (Å²) in [5.41, 5.74) is -0.613. The number of hydrogen-bond acceptors (Lipinski definition) is 4. The molecule has 0 saturated heterocycles. The lowest BCUT2D eigenvalue weighted by atomic mass is 9.73. The minimum atomic E-state index is -0.717. The van der Waals surface area contributed by atoms with Gasteiger partial charge in [-0.25, -0.2) is 4.98 Å². The summed E-state index contributed by atoms with van der Waals surface area (Å²) in [6.45, 7) is 0. The van der Waals surface area contributed by atoms with Crippen LogP contribution in [0, 0.1) is 16.7 Å². The Morgan fingerprint density at radius 1 is 1.29 bits per heavy atom. The third-order valence-electron chi connectivity index (χ3n) is 3.68. The van der Waals surface area contributed by atoms with Crippen molar-refractivity contribution in [3.8, 4) is 6.07 Å². The fraction of sp³-hybridized carbons (Fsp3) is 0.692. The zero-order chi connectivity index (χ0) is 12.1. The van der Waals surface area contributed by atoms with E-state index >= 15 is 0 Å². The van der Waals surface area contributed by atoms with Crippen molar-refractivity contribution >= 4 is 11.3 Å². The Hall–Kier alpha value is -0.920. The molecule has 0 spiro atoms. The Balaban J connectivity index is 2.19. The second-order valence-electron chi connectivity index (χ2n) is 4.81. The lowest BCUT2D eigenvalue weighted by molar-refractivity contribution is 0.0432. The molecule has 1 unspecified atom stereocenters. The molecule has 1 aliphatic rings. The van der Waals surface area contributed by atoms with E-state index in [1.54, 1.807) is 6.20 Å². The number of hydrogen-bond donors (Lipinski definition) is 1. The molecule has 0 radical (unpaired) electrons. The van der Waals surface area contributed by atoms with Crippen LogP contribution in [0.3, 0.4) is 0 Å². The maximum Gasteiger partial charge on any atom is 0.124 e. The van der Waals surface area contributed by atoms with Gasteiger partial charge in [-0.05, 0) is 12.8 Å². The van der Waals surface area contributed by atoms with E-state index in [0.717, 1.165) is 25.7 Å². The zero-order valence-corrected chi connectivity index (χ0v) is 10.7. The van der Waals surface area contributed by atoms with Crippen LogP contribution in [0.15, 0.2) is 11.6 Å². The molecule has 1 aromatic rings. The molecule has 1 aliphatic carbocycles. The molecule has 1 N–H and O–H groups in total. The first-order chi connectivity index (χ1) is 8.28. The van der Waals surface area contributed by atoms with Crippen LogP contribution in [-0.4, -0.2) is 10.1 Å². The summed E-state index contributed by atoms with van der Waals surface area (Å²) in [7, 11) is 0. The number of nitriles is 1. The quantitative estimate of drug-likeness (QED) is 0.874. The lowest BCUT2D eigenvalue weighted by Crippen LogP contribution is -2.28. The fourth-order valence-corrected chi connectivity index (χ4v) is 3.33. The van der Waals surface area contributed by atoms with Crippen molar-refractivity contribution < 1.29 is 5.11 Å². The summed E-state index contributed by atoms with van der Waals surface area (Å²) in [4.78, 5) is 4.16. The number of nitrogens with zero attached hydrogens (tertiary/aromatic N) is 2. The molecule has 1 saturated carbocycles. The van der Waals surface area contributed by atoms with Gasteiger partial charge in [0, 0.05) is 11.6 Å². The summed E-state index contributed by atoms with van der Waals surface area (Å²) >= 11 is 1.44. The minimum Gasteiger partial charge on any atom is -0.384 e. The van der Waals surface area contributed by atoms with Crippen molar-refractivity contribution in [2.24, 2.45) is 5.41 Å². The van der Waals surface area contributed by atoms with E-state index < -0.39 is 11.5 Å². The van der Waals surface area contributed by atoms with Crippen LogP contribution in [-0.2, 0) is 0 Å². The average Bonchev–Trinajstić information content (AvgIpc) is 2.82. The molecule has 1 atom stereocenters. The van der Waals surface area contributed by atoms with Gasteiger partial charge in [0.05, 0.1) is 11.5 Å². The van der Waals surface area contributed by atoms with Gasteiger partial charge in [0.25, 0.3) is 0 Å². The van der Waals surface area contributed by atoms with Crippen LogP contribution in [0.25, 0.3) is 0 Å². The normalized spacial score (nSPS) is 22.1. The van der Waals surface area contributed by atoms with Gasteiger partial charge in [-0.1, -0.05) is 32.1 Å². The standard InChI is InChI=1S/C13H18N2OS/c14-10-13(6-4-2-1-3-5-7-13)11(16)12-15-8-9-17-12/h8-9,11,16H,1-7H2. The highest BCUT2D eigenvalue weighted by Gasteiger charge is 2.40. The van der Waals surface area contributed by atoms with Gasteiger partial charge in [0.1, 0.15) is 11.1 Å². The Morgan fingerprint density at radius 2 is 1.94 bits per heavy atom. The zero-order valence-electron chi connectivity index (χ0n) is 9.93. The van der Waals surface area contributed by atoms with Crippen LogP contribution in [0.4, 0.5) is 0 Å². The predicted molar refractivity (Wildman–Crippen MR) is 67.4 cm³/mol. The molecular weight excluding hydrogens is 232 g/mol. The molecule has 17 heavy (non-hydrogen) atoms. The third kappa shape index (κ3) is 2.67. The maximum absolute atomic E-state index is 10.4. The number of rotatable bonds is 2. The largest absolute Gasteiger partial charge is 0.384 e. The van der Waals surface area contributed by atoms with Gasteiger partial charge in [-0.15, -0.1) is 11.3 Å². The van der Waals surface area contributed by atoms with Gasteiger partial charge >= 0.3 is 0 Å². The third-order valence-corrected chi connectivity index (χ3v) is 4.51. The van der Waals surface area contributed by atoms with E-state index in [0.29, 0.717) is 5.01 Å². The molecule has 4 heteroatoms. The molecule has 0 aliphatic heterocycles. The van der Waals surface area contributed by atoms with Crippen molar-refractivity contribution in [1.82, 2.24) is 4.98 Å². The summed E-state index contributed by atoms with van der Waals surface area (Å²) in [5, 5.41) is 22.5. The topological polar surface area (TPSA) is 56.9 Å². The van der Waals surface area contributed by atoms with Crippen molar-refractivity contribution in [3.63, 3.8) is 0 Å². The molecule has 1 heterocycles. The Labute approximate surface area is 106 Å². The van der Waals surface area contributed by atoms with Crippen molar-refractivity contribution in [3.05, 3.63) is 16.6 Å². The second kappa shape index (κ2) is 5.61. The molecule has 2 rings (SSSR count). The highest BCUT2D eigenvalue weighted by Crippen LogP contribution is 2.44. The summed E-state index contributed by atoms with van der Waals surface area (Å²) in [5.74, 6) is 0. The summed E-state index contributed by atoms with van der Waals surface area (Å²) in [6, 6.07) is 2.39. The summed E-state index contributed by atoms with van der Waals surface area (Å²) < 4.78 is 0. The van der Waals surface area contributed by atoms with Crippen LogP contribution >= 0.6 is 11.3 Å². The lowest BCUT2D eigenvalue weighted by Gasteiger charge is -2.32. The van der Waals surface area contributed by atoms with Crippen molar-refractivity contribution in [1.29, 1.82) is 5.26 Å². The number of aliphatic hydroxyl groups excluding tert-OH is 1. The van der Waals surface area contributed by atoms with Gasteiger partial charge in [-0.2, -0.15) is 5.26 Å². The number of thiazole rings is 1. The van der Waals surface area contributed by atoms with Gasteiger partial charge in [0.2, 0.25) is 0 Å². The molecule has 0 amide bonds. The predicted octanol–water partition coefficient (Wildman–Crippen LogP) is 3.43. The number of aliphatic hydroxyl groups is 1. The van der Waals surface area contributed by atoms with Gasteiger partial charge < -0.3 is 5.11 Å². The van der Waals surface area contributed by atoms with Gasteiger partial charge in [-0.3, -0.25) is 0 Å². The molecule has 3 nitrogen and oxygen atoms in total. The molecular formula is C13H18N2OS. The first kappa shape index (κ1) is 12.5. The van der Waals surface area contributed by atoms with E-state index in [-0.39, 0.29) is 0 Å². The first-order valence-electron chi connectivity index (χ1n) is 6.27. The number of aromatic nitrogens is 1. The molecule has 1 fully saturated rings.